The molecule has 232 valence electrons. The number of nitrogens with zero attached hydrogens (tertiary/aromatic N) is 4. The number of pyridine rings is 1. The van der Waals surface area contributed by atoms with Gasteiger partial charge in [-0.15, -0.1) is 0 Å². The summed E-state index contributed by atoms with van der Waals surface area (Å²) >= 11 is 0.862. The minimum Gasteiger partial charge on any atom is -0.506 e. The van der Waals surface area contributed by atoms with Crippen molar-refractivity contribution in [3.63, 3.8) is 0 Å². The summed E-state index contributed by atoms with van der Waals surface area (Å²) in [5.41, 5.74) is 14.4. The number of hydrogen-bond donors (Lipinski definition) is 6. The van der Waals surface area contributed by atoms with E-state index >= 15 is 0 Å². The standard InChI is InChI=1S/C19H23N4O6PS.C8H12N2O2/c1-13(23(12-24)11-16-10-21-14(2)22-18(16)20)17(8-9-29-30(26,27)28)31-19(25)15-6-4-3-5-7-15;1-5-8(12)7(2-9)6(4-11)3-10-5/h3-7,10,12H,8-9,11H2,1-2H3,(H2,20,21,22)(H2,26,27,28);3,11-12H,2,4,9H2,1H3/b17-13+;. The summed E-state index contributed by atoms with van der Waals surface area (Å²) in [5, 5.41) is 18.0. The van der Waals surface area contributed by atoms with Gasteiger partial charge < -0.3 is 36.4 Å². The molecule has 0 atom stereocenters. The van der Waals surface area contributed by atoms with Crippen molar-refractivity contribution in [3.05, 3.63) is 87.1 Å². The van der Waals surface area contributed by atoms with Gasteiger partial charge in [0, 0.05) is 58.2 Å². The molecule has 0 bridgehead atoms. The molecule has 3 rings (SSSR count). The Morgan fingerprint density at radius 1 is 1.14 bits per heavy atom. The fourth-order valence-corrected chi connectivity index (χ4v) is 4.83. The zero-order chi connectivity index (χ0) is 32.2. The van der Waals surface area contributed by atoms with Crippen LogP contribution in [0.4, 0.5) is 5.82 Å². The Balaban J connectivity index is 0.000000448. The quantitative estimate of drug-likeness (QED) is 0.124. The first kappa shape index (κ1) is 35.5. The highest BCUT2D eigenvalue weighted by atomic mass is 32.2. The Hall–Kier alpha value is -3.69. The van der Waals surface area contributed by atoms with Crippen molar-refractivity contribution in [2.24, 2.45) is 5.73 Å². The molecule has 0 aliphatic heterocycles. The fraction of sp³-hybridized carbons (Fsp3) is 0.296. The van der Waals surface area contributed by atoms with Gasteiger partial charge in [-0.1, -0.05) is 30.3 Å². The van der Waals surface area contributed by atoms with Gasteiger partial charge in [0.1, 0.15) is 17.4 Å². The molecule has 3 aromatic rings. The van der Waals surface area contributed by atoms with E-state index in [2.05, 4.69) is 19.5 Å². The number of aliphatic hydroxyl groups excluding tert-OH is 1. The Morgan fingerprint density at radius 2 is 1.79 bits per heavy atom. The molecule has 0 fully saturated rings. The highest BCUT2D eigenvalue weighted by molar-refractivity contribution is 8.17. The Kier molecular flexibility index (Phi) is 13.9. The van der Waals surface area contributed by atoms with Gasteiger partial charge >= 0.3 is 7.82 Å². The molecule has 43 heavy (non-hydrogen) atoms. The molecule has 0 aliphatic carbocycles. The first-order chi connectivity index (χ1) is 20.3. The number of carbonyl (C=O) groups excluding carboxylic acids is 2. The van der Waals surface area contributed by atoms with E-state index in [1.54, 1.807) is 51.1 Å². The Morgan fingerprint density at radius 3 is 2.35 bits per heavy atom. The number of nitrogens with two attached hydrogens (primary N) is 2. The lowest BCUT2D eigenvalue weighted by molar-refractivity contribution is -0.116. The zero-order valence-electron chi connectivity index (χ0n) is 23.9. The van der Waals surface area contributed by atoms with Crippen LogP contribution in [0.1, 0.15) is 51.9 Å². The molecule has 0 spiro atoms. The molecule has 2 aromatic heterocycles. The predicted octanol–water partition coefficient (Wildman–Crippen LogP) is 2.68. The number of rotatable bonds is 12. The number of benzene rings is 1. The van der Waals surface area contributed by atoms with Gasteiger partial charge in [-0.2, -0.15) is 0 Å². The number of aromatic hydroxyl groups is 1. The third kappa shape index (κ3) is 11.1. The number of thioether (sulfide) groups is 1. The van der Waals surface area contributed by atoms with Crippen LogP contribution >= 0.6 is 19.6 Å². The van der Waals surface area contributed by atoms with E-state index < -0.39 is 7.82 Å². The van der Waals surface area contributed by atoms with Gasteiger partial charge in [0.15, 0.2) is 0 Å². The van der Waals surface area contributed by atoms with Crippen LogP contribution in [0.15, 0.2) is 53.3 Å². The van der Waals surface area contributed by atoms with Crippen LogP contribution in [0.25, 0.3) is 0 Å². The number of aromatic nitrogens is 3. The fourth-order valence-electron chi connectivity index (χ4n) is 3.57. The molecule has 2 heterocycles. The number of aliphatic hydroxyl groups is 1. The topological polar surface area (TPSA) is 235 Å². The number of phosphoric ester groups is 1. The number of nitrogen functional groups attached to an aromatic ring is 1. The van der Waals surface area contributed by atoms with Crippen molar-refractivity contribution in [2.45, 2.75) is 46.9 Å². The van der Waals surface area contributed by atoms with Gasteiger partial charge in [-0.3, -0.25) is 19.1 Å². The highest BCUT2D eigenvalue weighted by Crippen LogP contribution is 2.37. The van der Waals surface area contributed by atoms with Gasteiger partial charge in [-0.05, 0) is 32.5 Å². The number of phosphoric acid groups is 1. The van der Waals surface area contributed by atoms with Crippen LogP contribution in [-0.2, 0) is 33.6 Å². The molecule has 0 aliphatic rings. The summed E-state index contributed by atoms with van der Waals surface area (Å²) in [6.45, 7) is 4.79. The average Bonchev–Trinajstić information content (AvgIpc) is 2.97. The van der Waals surface area contributed by atoms with Gasteiger partial charge in [0.2, 0.25) is 11.5 Å². The van der Waals surface area contributed by atoms with Crippen molar-refractivity contribution in [3.8, 4) is 5.75 Å². The predicted molar refractivity (Wildman–Crippen MR) is 161 cm³/mol. The molecule has 0 unspecified atom stereocenters. The molecule has 1 amide bonds. The van der Waals surface area contributed by atoms with E-state index in [0.29, 0.717) is 50.8 Å². The second kappa shape index (κ2) is 16.8. The minimum atomic E-state index is -4.67. The SMILES string of the molecule is C/C(=C(/CCOP(=O)(O)O)SC(=O)c1ccccc1)N(C=O)Cc1cnc(C)nc1N.Cc1ncc(CO)c(CN)c1O. The maximum atomic E-state index is 12.7. The van der Waals surface area contributed by atoms with E-state index in [4.69, 9.17) is 26.4 Å². The van der Waals surface area contributed by atoms with Crippen LogP contribution < -0.4 is 11.5 Å². The van der Waals surface area contributed by atoms with Gasteiger partial charge in [0.25, 0.3) is 0 Å². The highest BCUT2D eigenvalue weighted by Gasteiger charge is 2.20. The van der Waals surface area contributed by atoms with Crippen molar-refractivity contribution in [1.82, 2.24) is 19.9 Å². The largest absolute Gasteiger partial charge is 0.506 e. The summed E-state index contributed by atoms with van der Waals surface area (Å²) in [4.78, 5) is 56.1. The first-order valence-electron chi connectivity index (χ1n) is 12.7. The van der Waals surface area contributed by atoms with Gasteiger partial charge in [-0.25, -0.2) is 14.5 Å². The van der Waals surface area contributed by atoms with Gasteiger partial charge in [0.05, 0.1) is 25.5 Å². The first-order valence-corrected chi connectivity index (χ1v) is 15.1. The molecule has 1 aromatic carbocycles. The number of carbonyl (C=O) groups is 2. The smallest absolute Gasteiger partial charge is 0.469 e. The summed E-state index contributed by atoms with van der Waals surface area (Å²) in [6, 6.07) is 8.52. The molecule has 0 saturated carbocycles. The molecule has 16 heteroatoms. The van der Waals surface area contributed by atoms with Crippen molar-refractivity contribution in [1.29, 1.82) is 0 Å². The molecule has 0 saturated heterocycles. The van der Waals surface area contributed by atoms with Crippen molar-refractivity contribution >= 4 is 36.9 Å². The minimum absolute atomic E-state index is 0.00437. The molecular weight excluding hydrogens is 599 g/mol. The monoisotopic (exact) mass is 634 g/mol. The summed E-state index contributed by atoms with van der Waals surface area (Å²) in [5.74, 6) is 0.807. The molecule has 14 nitrogen and oxygen atoms in total. The normalized spacial score (nSPS) is 11.7. The maximum absolute atomic E-state index is 12.7. The summed E-state index contributed by atoms with van der Waals surface area (Å²) < 4.78 is 15.5. The van der Waals surface area contributed by atoms with Crippen LogP contribution in [0.3, 0.4) is 0 Å². The molecular formula is C27H35N6O8PS. The summed E-state index contributed by atoms with van der Waals surface area (Å²) in [6.07, 6.45) is 3.62. The Bertz CT molecular complexity index is 1490. The number of allylic oxidation sites excluding steroid dienone is 1. The molecule has 0 radical (unpaired) electrons. The maximum Gasteiger partial charge on any atom is 0.469 e. The number of aryl methyl sites for hydroxylation is 2. The molecule has 8 N–H and O–H groups in total. The second-order valence-electron chi connectivity index (χ2n) is 8.96. The third-order valence-corrected chi connectivity index (χ3v) is 7.63. The van der Waals surface area contributed by atoms with Crippen molar-refractivity contribution in [2.75, 3.05) is 12.3 Å². The van der Waals surface area contributed by atoms with E-state index in [0.717, 1.165) is 11.8 Å². The zero-order valence-corrected chi connectivity index (χ0v) is 25.6. The van der Waals surface area contributed by atoms with E-state index in [1.807, 2.05) is 0 Å². The van der Waals surface area contributed by atoms with Crippen LogP contribution in [0.5, 0.6) is 5.75 Å². The summed E-state index contributed by atoms with van der Waals surface area (Å²) in [7, 11) is -4.67. The Labute approximate surface area is 253 Å². The van der Waals surface area contributed by atoms with E-state index in [-0.39, 0.29) is 49.4 Å². The van der Waals surface area contributed by atoms with Crippen LogP contribution in [0, 0.1) is 13.8 Å². The van der Waals surface area contributed by atoms with Crippen LogP contribution in [0.2, 0.25) is 0 Å². The average molecular weight is 635 g/mol. The lowest BCUT2D eigenvalue weighted by Crippen LogP contribution is -2.22. The number of amides is 1. The van der Waals surface area contributed by atoms with Crippen LogP contribution in [-0.4, -0.2) is 58.0 Å². The third-order valence-electron chi connectivity index (χ3n) is 5.94. The lowest BCUT2D eigenvalue weighted by Gasteiger charge is -2.22. The van der Waals surface area contributed by atoms with Crippen molar-refractivity contribution < 1.29 is 38.7 Å². The van der Waals surface area contributed by atoms with E-state index in [1.165, 1.54) is 17.3 Å². The lowest BCUT2D eigenvalue weighted by atomic mass is 10.1. The van der Waals surface area contributed by atoms with E-state index in [9.17, 15) is 19.3 Å². The number of anilines is 1. The number of hydrogen-bond acceptors (Lipinski definition) is 12. The second-order valence-corrected chi connectivity index (χ2v) is 11.3.